The predicted molar refractivity (Wildman–Crippen MR) is 136 cm³/mol. The summed E-state index contributed by atoms with van der Waals surface area (Å²) < 4.78 is 42.5. The molecule has 0 radical (unpaired) electrons. The normalized spacial score (nSPS) is 15.0. The van der Waals surface area contributed by atoms with Gasteiger partial charge < -0.3 is 19.5 Å². The average Bonchev–Trinajstić information content (AvgIpc) is 3.57. The van der Waals surface area contributed by atoms with Crippen LogP contribution in [0.4, 0.5) is 8.78 Å². The Labute approximate surface area is 221 Å². The molecule has 1 aliphatic heterocycles. The highest BCUT2D eigenvalue weighted by atomic mass is 19.1. The minimum atomic E-state index is -0.970. The second kappa shape index (κ2) is 10.2. The zero-order chi connectivity index (χ0) is 27.8. The van der Waals surface area contributed by atoms with Gasteiger partial charge in [0.15, 0.2) is 11.4 Å². The molecule has 202 valence electrons. The quantitative estimate of drug-likeness (QED) is 0.402. The number of carbonyl (C=O) groups excluding carboxylic acids is 1. The summed E-state index contributed by atoms with van der Waals surface area (Å²) in [5.74, 6) is -2.98. The van der Waals surface area contributed by atoms with Crippen LogP contribution in [0.5, 0.6) is 17.4 Å². The molecule has 0 saturated carbocycles. The number of methoxy groups -OCH3 is 2. The summed E-state index contributed by atoms with van der Waals surface area (Å²) in [6.07, 6.45) is 3.32. The third kappa shape index (κ3) is 4.47. The van der Waals surface area contributed by atoms with Gasteiger partial charge in [-0.25, -0.2) is 8.78 Å². The Kier molecular flexibility index (Phi) is 6.77. The van der Waals surface area contributed by atoms with Gasteiger partial charge in [-0.1, -0.05) is 12.1 Å². The van der Waals surface area contributed by atoms with Crippen LogP contribution < -0.4 is 15.0 Å². The number of aromatic nitrogens is 4. The standard InChI is InChI=1S/C27H25F2N5O5/c1-32-13-16(12-30-32)24-31-25(35)22(27(37)34(24)23-19(38-2)8-5-9-20(23)39-3)26(36)33-11-10-15(14-33)21-17(28)6-4-7-18(21)29/h4-9,12-13,15,37H,10-11,14H2,1-3H3. The van der Waals surface area contributed by atoms with Crippen molar-refractivity contribution in [2.75, 3.05) is 27.3 Å². The van der Waals surface area contributed by atoms with Gasteiger partial charge in [-0.2, -0.15) is 10.1 Å². The lowest BCUT2D eigenvalue weighted by Crippen LogP contribution is -2.34. The molecule has 3 heterocycles. The predicted octanol–water partition coefficient (Wildman–Crippen LogP) is 3.26. The first-order valence-electron chi connectivity index (χ1n) is 12.0. The highest BCUT2D eigenvalue weighted by molar-refractivity contribution is 5.97. The number of halogens is 2. The van der Waals surface area contributed by atoms with Crippen molar-refractivity contribution >= 4 is 5.91 Å². The van der Waals surface area contributed by atoms with Crippen molar-refractivity contribution in [3.8, 4) is 34.5 Å². The van der Waals surface area contributed by atoms with Crippen molar-refractivity contribution in [1.82, 2.24) is 24.2 Å². The number of ether oxygens (including phenoxy) is 2. The van der Waals surface area contributed by atoms with E-state index in [1.165, 1.54) is 40.6 Å². The first-order chi connectivity index (χ1) is 18.7. The maximum atomic E-state index is 14.4. The number of aromatic hydroxyl groups is 1. The van der Waals surface area contributed by atoms with Crippen molar-refractivity contribution in [2.24, 2.45) is 7.05 Å². The molecular weight excluding hydrogens is 512 g/mol. The fraction of sp³-hybridized carbons (Fsp3) is 0.259. The summed E-state index contributed by atoms with van der Waals surface area (Å²) >= 11 is 0. The van der Waals surface area contributed by atoms with Crippen LogP contribution in [-0.4, -0.2) is 62.6 Å². The van der Waals surface area contributed by atoms with Gasteiger partial charge in [-0.05, 0) is 30.7 Å². The van der Waals surface area contributed by atoms with Crippen LogP contribution in [0.1, 0.15) is 28.3 Å². The van der Waals surface area contributed by atoms with E-state index in [0.717, 1.165) is 12.1 Å². The summed E-state index contributed by atoms with van der Waals surface area (Å²) in [5, 5.41) is 15.7. The summed E-state index contributed by atoms with van der Waals surface area (Å²) in [6, 6.07) is 8.52. The van der Waals surface area contributed by atoms with E-state index in [2.05, 4.69) is 10.1 Å². The van der Waals surface area contributed by atoms with Gasteiger partial charge in [-0.3, -0.25) is 18.8 Å². The van der Waals surface area contributed by atoms with Crippen molar-refractivity contribution in [1.29, 1.82) is 0 Å². The van der Waals surface area contributed by atoms with E-state index in [0.29, 0.717) is 5.56 Å². The Hall–Kier alpha value is -4.74. The molecule has 2 aromatic heterocycles. The van der Waals surface area contributed by atoms with E-state index in [-0.39, 0.29) is 48.1 Å². The Bertz CT molecular complexity index is 1590. The maximum Gasteiger partial charge on any atom is 0.290 e. The lowest BCUT2D eigenvalue weighted by molar-refractivity contribution is 0.0784. The average molecular weight is 538 g/mol. The number of hydrogen-bond donors (Lipinski definition) is 1. The third-order valence-corrected chi connectivity index (χ3v) is 6.75. The monoisotopic (exact) mass is 537 g/mol. The Morgan fingerprint density at radius 1 is 1.08 bits per heavy atom. The molecule has 0 bridgehead atoms. The molecule has 1 fully saturated rings. The van der Waals surface area contributed by atoms with Crippen LogP contribution in [0.3, 0.4) is 0 Å². The van der Waals surface area contributed by atoms with Crippen LogP contribution in [0.15, 0.2) is 53.6 Å². The van der Waals surface area contributed by atoms with E-state index in [1.54, 1.807) is 31.4 Å². The van der Waals surface area contributed by atoms with Gasteiger partial charge in [0.2, 0.25) is 5.88 Å². The lowest BCUT2D eigenvalue weighted by atomic mass is 9.97. The highest BCUT2D eigenvalue weighted by Gasteiger charge is 2.35. The first kappa shape index (κ1) is 25.9. The molecule has 2 aromatic carbocycles. The van der Waals surface area contributed by atoms with E-state index >= 15 is 0 Å². The van der Waals surface area contributed by atoms with E-state index < -0.39 is 40.5 Å². The molecule has 0 aliphatic carbocycles. The van der Waals surface area contributed by atoms with Crippen molar-refractivity contribution in [3.05, 3.63) is 81.9 Å². The Morgan fingerprint density at radius 3 is 2.31 bits per heavy atom. The Morgan fingerprint density at radius 2 is 1.72 bits per heavy atom. The van der Waals surface area contributed by atoms with Crippen molar-refractivity contribution in [3.63, 3.8) is 0 Å². The van der Waals surface area contributed by atoms with Gasteiger partial charge >= 0.3 is 0 Å². The van der Waals surface area contributed by atoms with Gasteiger partial charge in [0.25, 0.3) is 11.5 Å². The minimum Gasteiger partial charge on any atom is -0.494 e. The second-order valence-electron chi connectivity index (χ2n) is 9.06. The number of nitrogens with zero attached hydrogens (tertiary/aromatic N) is 5. The number of likely N-dealkylation sites (tertiary alicyclic amines) is 1. The molecule has 0 spiro atoms. The van der Waals surface area contributed by atoms with Crippen molar-refractivity contribution < 1.29 is 28.2 Å². The minimum absolute atomic E-state index is 0.00215. The smallest absolute Gasteiger partial charge is 0.290 e. The summed E-state index contributed by atoms with van der Waals surface area (Å²) in [4.78, 5) is 32.3. The molecule has 5 rings (SSSR count). The molecule has 1 aliphatic rings. The summed E-state index contributed by atoms with van der Waals surface area (Å²) in [5.41, 5.74) is -1.09. The van der Waals surface area contributed by atoms with E-state index in [1.807, 2.05) is 0 Å². The number of hydrogen-bond acceptors (Lipinski definition) is 7. The number of rotatable bonds is 6. The second-order valence-corrected chi connectivity index (χ2v) is 9.06. The molecule has 10 nitrogen and oxygen atoms in total. The number of para-hydroxylation sites is 1. The third-order valence-electron chi connectivity index (χ3n) is 6.75. The molecule has 1 N–H and O–H groups in total. The largest absolute Gasteiger partial charge is 0.494 e. The first-order valence-corrected chi connectivity index (χ1v) is 12.0. The Balaban J connectivity index is 1.65. The topological polar surface area (TPSA) is 112 Å². The summed E-state index contributed by atoms with van der Waals surface area (Å²) in [7, 11) is 4.52. The van der Waals surface area contributed by atoms with Gasteiger partial charge in [0, 0.05) is 37.8 Å². The molecule has 1 amide bonds. The van der Waals surface area contributed by atoms with Crippen LogP contribution >= 0.6 is 0 Å². The fourth-order valence-corrected chi connectivity index (χ4v) is 4.93. The number of aryl methyl sites for hydroxylation is 1. The molecule has 39 heavy (non-hydrogen) atoms. The van der Waals surface area contributed by atoms with Crippen LogP contribution in [0.2, 0.25) is 0 Å². The van der Waals surface area contributed by atoms with E-state index in [9.17, 15) is 23.5 Å². The number of amides is 1. The van der Waals surface area contributed by atoms with Gasteiger partial charge in [-0.15, -0.1) is 0 Å². The van der Waals surface area contributed by atoms with Crippen molar-refractivity contribution in [2.45, 2.75) is 12.3 Å². The molecule has 1 saturated heterocycles. The highest BCUT2D eigenvalue weighted by Crippen LogP contribution is 2.39. The molecule has 4 aromatic rings. The maximum absolute atomic E-state index is 14.4. The van der Waals surface area contributed by atoms with E-state index in [4.69, 9.17) is 9.47 Å². The molecule has 12 heteroatoms. The fourth-order valence-electron chi connectivity index (χ4n) is 4.93. The van der Waals surface area contributed by atoms with Crippen LogP contribution in [-0.2, 0) is 7.05 Å². The molecule has 1 unspecified atom stereocenters. The SMILES string of the molecule is COc1cccc(OC)c1-n1c(-c2cnn(C)c2)nc(=O)c(C(=O)N2CCC(c3c(F)cccc3F)C2)c1O. The number of benzene rings is 2. The van der Waals surface area contributed by atoms with Gasteiger partial charge in [0.1, 0.15) is 28.8 Å². The molecular formula is C27H25F2N5O5. The summed E-state index contributed by atoms with van der Waals surface area (Å²) in [6.45, 7) is 0.0798. The van der Waals surface area contributed by atoms with Gasteiger partial charge in [0.05, 0.1) is 26.0 Å². The zero-order valence-electron chi connectivity index (χ0n) is 21.4. The molecule has 1 atom stereocenters. The lowest BCUT2D eigenvalue weighted by Gasteiger charge is -2.22. The van der Waals surface area contributed by atoms with Crippen LogP contribution in [0, 0.1) is 11.6 Å². The number of carbonyl (C=O) groups is 1. The van der Waals surface area contributed by atoms with Crippen LogP contribution in [0.25, 0.3) is 17.1 Å². The zero-order valence-corrected chi connectivity index (χ0v) is 21.4.